The number of aromatic nitrogens is 2. The lowest BCUT2D eigenvalue weighted by Crippen LogP contribution is -2.19. The molecule has 2 heterocycles. The van der Waals surface area contributed by atoms with E-state index in [0.29, 0.717) is 24.2 Å². The first-order valence-electron chi connectivity index (χ1n) is 6.07. The first-order valence-corrected chi connectivity index (χ1v) is 7.94. The minimum absolute atomic E-state index is 0.0309. The Hall–Kier alpha value is -1.73. The Morgan fingerprint density at radius 3 is 3.10 bits per heavy atom. The number of rotatable bonds is 4. The van der Waals surface area contributed by atoms with Gasteiger partial charge in [0.05, 0.1) is 5.75 Å². The zero-order valence-corrected chi connectivity index (χ0v) is 12.1. The van der Waals surface area contributed by atoms with Gasteiger partial charge in [0.1, 0.15) is 5.51 Å². The van der Waals surface area contributed by atoms with Crippen LogP contribution in [-0.4, -0.2) is 27.6 Å². The molecule has 102 valence electrons. The van der Waals surface area contributed by atoms with Gasteiger partial charge in [-0.15, -0.1) is 10.2 Å². The number of hydrogen-bond acceptors (Lipinski definition) is 6. The number of Topliss-reactive ketones (excluding diaryl/α,β-unsaturated/α-hetero) is 1. The number of carbonyl (C=O) groups is 2. The molecule has 7 heteroatoms. The molecule has 5 nitrogen and oxygen atoms in total. The second-order valence-corrected chi connectivity index (χ2v) is 6.39. The van der Waals surface area contributed by atoms with Crippen LogP contribution in [0, 0.1) is 0 Å². The van der Waals surface area contributed by atoms with Crippen molar-refractivity contribution >= 4 is 40.5 Å². The van der Waals surface area contributed by atoms with E-state index < -0.39 is 0 Å². The number of benzene rings is 1. The van der Waals surface area contributed by atoms with E-state index in [-0.39, 0.29) is 11.7 Å². The molecule has 0 aliphatic carbocycles. The van der Waals surface area contributed by atoms with Crippen LogP contribution in [0.4, 0.5) is 5.69 Å². The predicted octanol–water partition coefficient (Wildman–Crippen LogP) is 2.40. The Labute approximate surface area is 123 Å². The van der Waals surface area contributed by atoms with E-state index in [1.165, 1.54) is 23.1 Å². The van der Waals surface area contributed by atoms with Crippen molar-refractivity contribution in [3.63, 3.8) is 0 Å². The summed E-state index contributed by atoms with van der Waals surface area (Å²) in [7, 11) is 0. The predicted molar refractivity (Wildman–Crippen MR) is 78.4 cm³/mol. The van der Waals surface area contributed by atoms with Crippen molar-refractivity contribution in [1.29, 1.82) is 0 Å². The molecule has 1 amide bonds. The largest absolute Gasteiger partial charge is 0.326 e. The summed E-state index contributed by atoms with van der Waals surface area (Å²) in [5, 5.41) is 10.4. The fourth-order valence-corrected chi connectivity index (χ4v) is 3.38. The van der Waals surface area contributed by atoms with Gasteiger partial charge in [-0.3, -0.25) is 9.59 Å². The van der Waals surface area contributed by atoms with Gasteiger partial charge in [0.2, 0.25) is 5.91 Å². The van der Waals surface area contributed by atoms with Crippen LogP contribution in [0.15, 0.2) is 28.0 Å². The summed E-state index contributed by atoms with van der Waals surface area (Å²) < 4.78 is 0.795. The highest BCUT2D eigenvalue weighted by Gasteiger charge is 2.16. The number of ketones is 1. The van der Waals surface area contributed by atoms with Crippen LogP contribution in [0.3, 0.4) is 0 Å². The standard InChI is InChI=1S/C13H11N3O2S2/c17-11(6-19-13-16-14-7-20-13)9-1-3-10-8(5-9)2-4-12(18)15-10/h1,3,5,7H,2,4,6H2,(H,15,18). The molecule has 0 saturated heterocycles. The average Bonchev–Trinajstić information content (AvgIpc) is 2.97. The Balaban J connectivity index is 1.70. The third kappa shape index (κ3) is 2.88. The smallest absolute Gasteiger partial charge is 0.224 e. The van der Waals surface area contributed by atoms with Crippen molar-refractivity contribution in [2.45, 2.75) is 17.2 Å². The Bertz CT molecular complexity index is 656. The number of nitrogens with zero attached hydrogens (tertiary/aromatic N) is 2. The summed E-state index contributed by atoms with van der Waals surface area (Å²) in [6.45, 7) is 0. The van der Waals surface area contributed by atoms with Crippen molar-refractivity contribution in [1.82, 2.24) is 10.2 Å². The lowest BCUT2D eigenvalue weighted by Gasteiger charge is -2.17. The van der Waals surface area contributed by atoms with Crippen LogP contribution in [0.1, 0.15) is 22.3 Å². The molecule has 3 rings (SSSR count). The second kappa shape index (κ2) is 5.72. The van der Waals surface area contributed by atoms with E-state index in [4.69, 9.17) is 0 Å². The van der Waals surface area contributed by atoms with Gasteiger partial charge in [-0.1, -0.05) is 23.1 Å². The van der Waals surface area contributed by atoms with E-state index in [1.807, 2.05) is 6.07 Å². The third-order valence-corrected chi connectivity index (χ3v) is 4.85. The molecule has 0 unspecified atom stereocenters. The van der Waals surface area contributed by atoms with E-state index in [1.54, 1.807) is 17.6 Å². The van der Waals surface area contributed by atoms with Gasteiger partial charge < -0.3 is 5.32 Å². The van der Waals surface area contributed by atoms with Crippen molar-refractivity contribution < 1.29 is 9.59 Å². The molecule has 1 aromatic heterocycles. The second-order valence-electron chi connectivity index (χ2n) is 4.34. The molecule has 0 radical (unpaired) electrons. The summed E-state index contributed by atoms with van der Waals surface area (Å²) in [5.74, 6) is 0.439. The van der Waals surface area contributed by atoms with Gasteiger partial charge in [-0.05, 0) is 30.2 Å². The first-order chi connectivity index (χ1) is 9.72. The Morgan fingerprint density at radius 2 is 2.30 bits per heavy atom. The zero-order valence-electron chi connectivity index (χ0n) is 10.5. The number of anilines is 1. The summed E-state index contributed by atoms with van der Waals surface area (Å²) in [6.07, 6.45) is 1.16. The van der Waals surface area contributed by atoms with Crippen LogP contribution in [0.5, 0.6) is 0 Å². The molecular weight excluding hydrogens is 294 g/mol. The molecule has 0 bridgehead atoms. The molecule has 1 aliphatic rings. The maximum Gasteiger partial charge on any atom is 0.224 e. The summed E-state index contributed by atoms with van der Waals surface area (Å²) in [6, 6.07) is 5.43. The summed E-state index contributed by atoms with van der Waals surface area (Å²) in [4.78, 5) is 23.4. The number of thioether (sulfide) groups is 1. The highest BCUT2D eigenvalue weighted by Crippen LogP contribution is 2.25. The summed E-state index contributed by atoms with van der Waals surface area (Å²) in [5.41, 5.74) is 4.16. The first kappa shape index (κ1) is 13.3. The minimum Gasteiger partial charge on any atom is -0.326 e. The van der Waals surface area contributed by atoms with Gasteiger partial charge in [0.15, 0.2) is 10.1 Å². The van der Waals surface area contributed by atoms with E-state index in [9.17, 15) is 9.59 Å². The Morgan fingerprint density at radius 1 is 1.40 bits per heavy atom. The van der Waals surface area contributed by atoms with Crippen LogP contribution in [0.2, 0.25) is 0 Å². The van der Waals surface area contributed by atoms with Gasteiger partial charge in [-0.25, -0.2) is 0 Å². The van der Waals surface area contributed by atoms with E-state index >= 15 is 0 Å². The zero-order chi connectivity index (χ0) is 13.9. The highest BCUT2D eigenvalue weighted by atomic mass is 32.2. The quantitative estimate of drug-likeness (QED) is 0.693. The SMILES string of the molecule is O=C1CCc2cc(C(=O)CSc3nncs3)ccc2N1. The van der Waals surface area contributed by atoms with Crippen molar-refractivity contribution in [3.8, 4) is 0 Å². The number of hydrogen-bond donors (Lipinski definition) is 1. The molecule has 1 aromatic carbocycles. The monoisotopic (exact) mass is 305 g/mol. The maximum atomic E-state index is 12.1. The van der Waals surface area contributed by atoms with Crippen LogP contribution < -0.4 is 5.32 Å². The Kier molecular flexibility index (Phi) is 3.79. The number of amides is 1. The molecule has 0 spiro atoms. The maximum absolute atomic E-state index is 12.1. The van der Waals surface area contributed by atoms with Gasteiger partial charge in [0, 0.05) is 17.7 Å². The topological polar surface area (TPSA) is 72.0 Å². The molecule has 2 aromatic rings. The van der Waals surface area contributed by atoms with Crippen LogP contribution >= 0.6 is 23.1 Å². The third-order valence-electron chi connectivity index (χ3n) is 2.99. The highest BCUT2D eigenvalue weighted by molar-refractivity contribution is 8.01. The van der Waals surface area contributed by atoms with Gasteiger partial charge >= 0.3 is 0 Å². The lowest BCUT2D eigenvalue weighted by atomic mass is 9.99. The normalized spacial score (nSPS) is 13.7. The number of aryl methyl sites for hydroxylation is 1. The minimum atomic E-state index is 0.0309. The van der Waals surface area contributed by atoms with Crippen molar-refractivity contribution in [3.05, 3.63) is 34.8 Å². The number of fused-ring (bicyclic) bond motifs is 1. The summed E-state index contributed by atoms with van der Waals surface area (Å²) >= 11 is 2.82. The fourth-order valence-electron chi connectivity index (χ4n) is 1.99. The molecule has 0 atom stereocenters. The van der Waals surface area contributed by atoms with E-state index in [0.717, 1.165) is 15.6 Å². The van der Waals surface area contributed by atoms with E-state index in [2.05, 4.69) is 15.5 Å². The molecule has 0 saturated carbocycles. The molecule has 0 fully saturated rings. The fraction of sp³-hybridized carbons (Fsp3) is 0.231. The molecular formula is C13H11N3O2S2. The lowest BCUT2D eigenvalue weighted by molar-refractivity contribution is -0.116. The number of nitrogens with one attached hydrogen (secondary N) is 1. The van der Waals surface area contributed by atoms with Gasteiger partial charge in [-0.2, -0.15) is 0 Å². The van der Waals surface area contributed by atoms with Gasteiger partial charge in [0.25, 0.3) is 0 Å². The number of carbonyl (C=O) groups excluding carboxylic acids is 2. The van der Waals surface area contributed by atoms with Crippen LogP contribution in [-0.2, 0) is 11.2 Å². The van der Waals surface area contributed by atoms with Crippen molar-refractivity contribution in [2.75, 3.05) is 11.1 Å². The van der Waals surface area contributed by atoms with Crippen LogP contribution in [0.25, 0.3) is 0 Å². The molecule has 20 heavy (non-hydrogen) atoms. The molecule has 1 N–H and O–H groups in total. The molecule has 1 aliphatic heterocycles. The average molecular weight is 305 g/mol. The van der Waals surface area contributed by atoms with Crippen molar-refractivity contribution in [2.24, 2.45) is 0 Å².